The predicted octanol–water partition coefficient (Wildman–Crippen LogP) is 1.75. The molecule has 3 rings (SSSR count). The maximum Gasteiger partial charge on any atom is 0.281 e. The first-order valence-corrected chi connectivity index (χ1v) is 6.72. The molecule has 2 heterocycles. The summed E-state index contributed by atoms with van der Waals surface area (Å²) in [6, 6.07) is 9.86. The van der Waals surface area contributed by atoms with Gasteiger partial charge in [-0.05, 0) is 24.6 Å². The lowest BCUT2D eigenvalue weighted by molar-refractivity contribution is 0.100. The number of rotatable bonds is 2. The summed E-state index contributed by atoms with van der Waals surface area (Å²) in [5.41, 5.74) is 13.5. The highest BCUT2D eigenvalue weighted by Gasteiger charge is 2.12. The van der Waals surface area contributed by atoms with Crippen molar-refractivity contribution in [2.24, 2.45) is 16.5 Å². The van der Waals surface area contributed by atoms with Crippen molar-refractivity contribution in [2.45, 2.75) is 6.92 Å². The number of hydrogen-bond donors (Lipinski definition) is 2. The van der Waals surface area contributed by atoms with E-state index in [1.807, 2.05) is 48.0 Å². The number of nitrogens with zero attached hydrogens (tertiary/aromatic N) is 3. The van der Waals surface area contributed by atoms with Crippen molar-refractivity contribution in [3.05, 3.63) is 60.0 Å². The number of aryl methyl sites for hydroxylation is 1. The van der Waals surface area contributed by atoms with Crippen molar-refractivity contribution < 1.29 is 4.79 Å². The number of guanidine groups is 1. The molecule has 0 saturated heterocycles. The summed E-state index contributed by atoms with van der Waals surface area (Å²) in [5.74, 6) is -0.700. The molecule has 0 aliphatic heterocycles. The second kappa shape index (κ2) is 5.33. The Labute approximate surface area is 127 Å². The van der Waals surface area contributed by atoms with Crippen molar-refractivity contribution in [3.63, 3.8) is 0 Å². The number of benzene rings is 1. The molecule has 0 radical (unpaired) electrons. The second-order valence-corrected chi connectivity index (χ2v) is 4.99. The summed E-state index contributed by atoms with van der Waals surface area (Å²) in [6.45, 7) is 1.83. The van der Waals surface area contributed by atoms with Crippen molar-refractivity contribution in [1.82, 2.24) is 9.55 Å². The molecular formula is C16H15N5O. The first kappa shape index (κ1) is 13.8. The van der Waals surface area contributed by atoms with Gasteiger partial charge < -0.3 is 16.0 Å². The Morgan fingerprint density at radius 2 is 2.00 bits per heavy atom. The zero-order valence-electron chi connectivity index (χ0n) is 12.0. The molecule has 22 heavy (non-hydrogen) atoms. The van der Waals surface area contributed by atoms with Gasteiger partial charge in [-0.3, -0.25) is 9.78 Å². The molecule has 0 atom stereocenters. The van der Waals surface area contributed by atoms with Gasteiger partial charge in [0.05, 0.1) is 23.0 Å². The van der Waals surface area contributed by atoms with Crippen molar-refractivity contribution >= 4 is 22.8 Å². The van der Waals surface area contributed by atoms with Gasteiger partial charge in [0.25, 0.3) is 5.91 Å². The van der Waals surface area contributed by atoms with Crippen LogP contribution in [-0.4, -0.2) is 21.4 Å². The normalized spacial score (nSPS) is 10.6. The van der Waals surface area contributed by atoms with Gasteiger partial charge in [0.2, 0.25) is 0 Å². The first-order chi connectivity index (χ1) is 10.5. The van der Waals surface area contributed by atoms with Gasteiger partial charge in [-0.1, -0.05) is 18.2 Å². The lowest BCUT2D eigenvalue weighted by Crippen LogP contribution is -2.24. The summed E-state index contributed by atoms with van der Waals surface area (Å²) in [7, 11) is 0. The summed E-state index contributed by atoms with van der Waals surface area (Å²) in [5, 5.41) is 1.03. The molecule has 0 unspecified atom stereocenters. The molecule has 1 amide bonds. The topological polar surface area (TPSA) is 99.3 Å². The standard InChI is InChI=1S/C16H15N5O/c1-10-8-21(9-13(10)15(22)20-16(17)18)12-6-11-4-2-3-5-14(11)19-7-12/h2-9H,1H3,(H4,17,18,20,22). The fraction of sp³-hybridized carbons (Fsp3) is 0.0625. The molecular weight excluding hydrogens is 278 g/mol. The summed E-state index contributed by atoms with van der Waals surface area (Å²) in [4.78, 5) is 19.9. The van der Waals surface area contributed by atoms with E-state index in [-0.39, 0.29) is 5.96 Å². The first-order valence-electron chi connectivity index (χ1n) is 6.72. The van der Waals surface area contributed by atoms with Gasteiger partial charge >= 0.3 is 0 Å². The fourth-order valence-electron chi connectivity index (χ4n) is 2.31. The number of hydrogen-bond acceptors (Lipinski definition) is 2. The zero-order chi connectivity index (χ0) is 15.7. The van der Waals surface area contributed by atoms with Gasteiger partial charge in [-0.2, -0.15) is 4.99 Å². The van der Waals surface area contributed by atoms with Gasteiger partial charge in [-0.25, -0.2) is 0 Å². The molecule has 0 bridgehead atoms. The summed E-state index contributed by atoms with van der Waals surface area (Å²) in [6.07, 6.45) is 5.31. The minimum Gasteiger partial charge on any atom is -0.370 e. The highest BCUT2D eigenvalue weighted by atomic mass is 16.1. The summed E-state index contributed by atoms with van der Waals surface area (Å²) >= 11 is 0. The van der Waals surface area contributed by atoms with Gasteiger partial charge in [0, 0.05) is 17.8 Å². The van der Waals surface area contributed by atoms with Gasteiger partial charge in [-0.15, -0.1) is 0 Å². The number of aromatic nitrogens is 2. The number of amides is 1. The van der Waals surface area contributed by atoms with Crippen LogP contribution in [0.5, 0.6) is 0 Å². The molecule has 6 heteroatoms. The van der Waals surface area contributed by atoms with E-state index in [9.17, 15) is 4.79 Å². The number of fused-ring (bicyclic) bond motifs is 1. The van der Waals surface area contributed by atoms with Crippen molar-refractivity contribution in [1.29, 1.82) is 0 Å². The molecule has 2 aromatic heterocycles. The Bertz CT molecular complexity index is 890. The summed E-state index contributed by atoms with van der Waals surface area (Å²) < 4.78 is 1.84. The van der Waals surface area contributed by atoms with Crippen LogP contribution in [0, 0.1) is 6.92 Å². The largest absolute Gasteiger partial charge is 0.370 e. The van der Waals surface area contributed by atoms with Crippen LogP contribution in [0.4, 0.5) is 0 Å². The Hall–Kier alpha value is -3.15. The quantitative estimate of drug-likeness (QED) is 0.555. The maximum atomic E-state index is 12.0. The third-order valence-corrected chi connectivity index (χ3v) is 3.36. The third-order valence-electron chi connectivity index (χ3n) is 3.36. The van der Waals surface area contributed by atoms with E-state index in [4.69, 9.17) is 11.5 Å². The Kier molecular flexibility index (Phi) is 3.34. The van der Waals surface area contributed by atoms with Gasteiger partial charge in [0.1, 0.15) is 0 Å². The number of carbonyl (C=O) groups excluding carboxylic acids is 1. The lowest BCUT2D eigenvalue weighted by atomic mass is 10.2. The molecule has 4 N–H and O–H groups in total. The monoisotopic (exact) mass is 293 g/mol. The minimum atomic E-state index is -0.454. The lowest BCUT2D eigenvalue weighted by Gasteiger charge is -2.04. The van der Waals surface area contributed by atoms with Crippen LogP contribution in [0.1, 0.15) is 15.9 Å². The Balaban J connectivity index is 2.04. The maximum absolute atomic E-state index is 12.0. The van der Waals surface area contributed by atoms with Crippen LogP contribution in [0.15, 0.2) is 53.9 Å². The van der Waals surface area contributed by atoms with E-state index < -0.39 is 5.91 Å². The zero-order valence-corrected chi connectivity index (χ0v) is 12.0. The third kappa shape index (κ3) is 2.54. The highest BCUT2D eigenvalue weighted by Crippen LogP contribution is 2.19. The molecule has 0 aliphatic carbocycles. The number of nitrogens with two attached hydrogens (primary N) is 2. The van der Waals surface area contributed by atoms with E-state index in [1.165, 1.54) is 0 Å². The van der Waals surface area contributed by atoms with Crippen LogP contribution in [0.3, 0.4) is 0 Å². The SMILES string of the molecule is Cc1cn(-c2cnc3ccccc3c2)cc1C(=O)N=C(N)N. The molecule has 0 aliphatic rings. The molecule has 3 aromatic rings. The van der Waals surface area contributed by atoms with E-state index in [0.717, 1.165) is 22.2 Å². The average molecular weight is 293 g/mol. The Morgan fingerprint density at radius 1 is 1.23 bits per heavy atom. The fourth-order valence-corrected chi connectivity index (χ4v) is 2.31. The van der Waals surface area contributed by atoms with Crippen LogP contribution in [-0.2, 0) is 0 Å². The molecule has 110 valence electrons. The van der Waals surface area contributed by atoms with Crippen LogP contribution >= 0.6 is 0 Å². The highest BCUT2D eigenvalue weighted by molar-refractivity contribution is 6.02. The van der Waals surface area contributed by atoms with E-state index in [2.05, 4.69) is 9.98 Å². The van der Waals surface area contributed by atoms with E-state index in [0.29, 0.717) is 5.56 Å². The molecule has 1 aromatic carbocycles. The number of pyridine rings is 1. The van der Waals surface area contributed by atoms with Crippen LogP contribution in [0.2, 0.25) is 0 Å². The number of para-hydroxylation sites is 1. The number of carbonyl (C=O) groups is 1. The Morgan fingerprint density at radius 3 is 2.77 bits per heavy atom. The second-order valence-electron chi connectivity index (χ2n) is 4.99. The van der Waals surface area contributed by atoms with Crippen molar-refractivity contribution in [2.75, 3.05) is 0 Å². The van der Waals surface area contributed by atoms with E-state index >= 15 is 0 Å². The smallest absolute Gasteiger partial charge is 0.281 e. The molecule has 0 saturated carbocycles. The number of aliphatic imine (C=N–C) groups is 1. The van der Waals surface area contributed by atoms with Crippen molar-refractivity contribution in [3.8, 4) is 5.69 Å². The molecule has 0 spiro atoms. The average Bonchev–Trinajstić information content (AvgIpc) is 2.88. The molecule has 0 fully saturated rings. The van der Waals surface area contributed by atoms with Crippen LogP contribution < -0.4 is 11.5 Å². The van der Waals surface area contributed by atoms with E-state index in [1.54, 1.807) is 12.4 Å². The van der Waals surface area contributed by atoms with Crippen LogP contribution in [0.25, 0.3) is 16.6 Å². The molecule has 6 nitrogen and oxygen atoms in total. The predicted molar refractivity (Wildman–Crippen MR) is 85.9 cm³/mol. The minimum absolute atomic E-state index is 0.246. The van der Waals surface area contributed by atoms with Gasteiger partial charge in [0.15, 0.2) is 5.96 Å².